The molecule has 0 aliphatic heterocycles. The van der Waals surface area contributed by atoms with Gasteiger partial charge < -0.3 is 10.2 Å². The summed E-state index contributed by atoms with van der Waals surface area (Å²) in [7, 11) is 0. The number of hydrogen-bond donors (Lipinski definition) is 1. The first kappa shape index (κ1) is 19.8. The number of amides is 2. The van der Waals surface area contributed by atoms with Gasteiger partial charge in [0.15, 0.2) is 0 Å². The molecule has 0 bridgehead atoms. The molecule has 0 radical (unpaired) electrons. The molecule has 2 aromatic carbocycles. The Morgan fingerprint density at radius 3 is 2.46 bits per heavy atom. The van der Waals surface area contributed by atoms with Crippen molar-refractivity contribution in [3.8, 4) is 0 Å². The molecule has 7 heteroatoms. The van der Waals surface area contributed by atoms with E-state index in [4.69, 9.17) is 0 Å². The summed E-state index contributed by atoms with van der Waals surface area (Å²) in [4.78, 5) is 13.9. The van der Waals surface area contributed by atoms with Gasteiger partial charge in [0.25, 0.3) is 0 Å². The molecule has 0 aliphatic rings. The van der Waals surface area contributed by atoms with E-state index in [2.05, 4.69) is 5.32 Å². The number of halogens is 4. The Labute approximate surface area is 149 Å². The maximum atomic E-state index is 13.3. The first-order valence-corrected chi connectivity index (χ1v) is 8.17. The molecule has 0 saturated heterocycles. The van der Waals surface area contributed by atoms with Crippen molar-refractivity contribution in [2.24, 2.45) is 0 Å². The first-order chi connectivity index (χ1) is 12.2. The first-order valence-electron chi connectivity index (χ1n) is 8.17. The van der Waals surface area contributed by atoms with Crippen molar-refractivity contribution >= 4 is 6.03 Å². The Hall–Kier alpha value is -2.57. The van der Waals surface area contributed by atoms with Crippen LogP contribution in [0.3, 0.4) is 0 Å². The smallest absolute Gasteiger partial charge is 0.331 e. The SMILES string of the molecule is CCN(Cc1cccc(F)c1)C(=O)NC(C)c1cccc(C(F)(F)F)c1. The van der Waals surface area contributed by atoms with Crippen LogP contribution in [0.2, 0.25) is 0 Å². The molecule has 1 N–H and O–H groups in total. The molecule has 2 rings (SSSR count). The van der Waals surface area contributed by atoms with Crippen molar-refractivity contribution in [2.75, 3.05) is 6.54 Å². The molecule has 0 aromatic heterocycles. The van der Waals surface area contributed by atoms with Crippen LogP contribution in [0.15, 0.2) is 48.5 Å². The molecular formula is C19H20F4N2O. The molecule has 1 unspecified atom stereocenters. The van der Waals surface area contributed by atoms with Gasteiger partial charge in [0, 0.05) is 13.1 Å². The monoisotopic (exact) mass is 368 g/mol. The molecule has 0 fully saturated rings. The summed E-state index contributed by atoms with van der Waals surface area (Å²) >= 11 is 0. The van der Waals surface area contributed by atoms with Gasteiger partial charge in [-0.15, -0.1) is 0 Å². The second-order valence-electron chi connectivity index (χ2n) is 5.94. The average molecular weight is 368 g/mol. The fourth-order valence-electron chi connectivity index (χ4n) is 2.53. The molecule has 3 nitrogen and oxygen atoms in total. The highest BCUT2D eigenvalue weighted by atomic mass is 19.4. The second-order valence-corrected chi connectivity index (χ2v) is 5.94. The normalized spacial score (nSPS) is 12.5. The summed E-state index contributed by atoms with van der Waals surface area (Å²) in [6.07, 6.45) is -4.44. The third-order valence-corrected chi connectivity index (χ3v) is 3.99. The minimum atomic E-state index is -4.44. The lowest BCUT2D eigenvalue weighted by Gasteiger charge is -2.24. The fourth-order valence-corrected chi connectivity index (χ4v) is 2.53. The predicted octanol–water partition coefficient (Wildman–Crippen LogP) is 5.14. The molecule has 26 heavy (non-hydrogen) atoms. The number of nitrogens with one attached hydrogen (secondary N) is 1. The third-order valence-electron chi connectivity index (χ3n) is 3.99. The Kier molecular flexibility index (Phi) is 6.23. The van der Waals surface area contributed by atoms with E-state index in [9.17, 15) is 22.4 Å². The van der Waals surface area contributed by atoms with Crippen molar-refractivity contribution in [3.63, 3.8) is 0 Å². The van der Waals surface area contributed by atoms with Crippen LogP contribution in [0.25, 0.3) is 0 Å². The Bertz CT molecular complexity index is 761. The molecular weight excluding hydrogens is 348 g/mol. The molecule has 0 heterocycles. The zero-order valence-electron chi connectivity index (χ0n) is 14.5. The molecule has 2 amide bonds. The summed E-state index contributed by atoms with van der Waals surface area (Å²) in [6.45, 7) is 3.96. The van der Waals surface area contributed by atoms with Crippen LogP contribution in [0, 0.1) is 5.82 Å². The number of carbonyl (C=O) groups excluding carboxylic acids is 1. The van der Waals surface area contributed by atoms with Crippen LogP contribution in [-0.2, 0) is 12.7 Å². The standard InChI is InChI=1S/C19H20F4N2O/c1-3-25(12-14-6-4-9-17(20)10-14)18(26)24-13(2)15-7-5-8-16(11-15)19(21,22)23/h4-11,13H,3,12H2,1-2H3,(H,24,26). The van der Waals surface area contributed by atoms with E-state index in [0.29, 0.717) is 17.7 Å². The third kappa shape index (κ3) is 5.21. The van der Waals surface area contributed by atoms with Crippen LogP contribution in [0.5, 0.6) is 0 Å². The second kappa shape index (κ2) is 8.21. The lowest BCUT2D eigenvalue weighted by atomic mass is 10.1. The summed E-state index contributed by atoms with van der Waals surface area (Å²) in [5.74, 6) is -0.392. The van der Waals surface area contributed by atoms with Crippen molar-refractivity contribution in [2.45, 2.75) is 32.6 Å². The van der Waals surface area contributed by atoms with Gasteiger partial charge in [-0.1, -0.05) is 24.3 Å². The van der Waals surface area contributed by atoms with Crippen molar-refractivity contribution in [1.82, 2.24) is 10.2 Å². The zero-order valence-corrected chi connectivity index (χ0v) is 14.5. The number of urea groups is 1. The van der Waals surface area contributed by atoms with Crippen LogP contribution in [0.1, 0.15) is 36.6 Å². The average Bonchev–Trinajstić information content (AvgIpc) is 2.59. The van der Waals surface area contributed by atoms with Crippen LogP contribution in [-0.4, -0.2) is 17.5 Å². The van der Waals surface area contributed by atoms with Gasteiger partial charge in [-0.3, -0.25) is 0 Å². The summed E-state index contributed by atoms with van der Waals surface area (Å²) in [5.41, 5.74) is 0.229. The highest BCUT2D eigenvalue weighted by Gasteiger charge is 2.30. The predicted molar refractivity (Wildman–Crippen MR) is 90.9 cm³/mol. The number of nitrogens with zero attached hydrogens (tertiary/aromatic N) is 1. The molecule has 0 aliphatic carbocycles. The lowest BCUT2D eigenvalue weighted by Crippen LogP contribution is -2.40. The van der Waals surface area contributed by atoms with Crippen LogP contribution >= 0.6 is 0 Å². The van der Waals surface area contributed by atoms with Crippen molar-refractivity contribution < 1.29 is 22.4 Å². The minimum Gasteiger partial charge on any atom is -0.331 e. The van der Waals surface area contributed by atoms with Gasteiger partial charge in [0.05, 0.1) is 11.6 Å². The maximum absolute atomic E-state index is 13.3. The van der Waals surface area contributed by atoms with E-state index in [1.165, 1.54) is 29.2 Å². The summed E-state index contributed by atoms with van der Waals surface area (Å²) < 4.78 is 51.8. The van der Waals surface area contributed by atoms with Crippen LogP contribution in [0.4, 0.5) is 22.4 Å². The highest BCUT2D eigenvalue weighted by molar-refractivity contribution is 5.74. The Balaban J connectivity index is 2.07. The molecule has 1 atom stereocenters. The molecule has 140 valence electrons. The van der Waals surface area contributed by atoms with E-state index in [-0.39, 0.29) is 6.54 Å². The van der Waals surface area contributed by atoms with E-state index in [0.717, 1.165) is 12.1 Å². The number of benzene rings is 2. The lowest BCUT2D eigenvalue weighted by molar-refractivity contribution is -0.137. The maximum Gasteiger partial charge on any atom is 0.416 e. The zero-order chi connectivity index (χ0) is 19.3. The quantitative estimate of drug-likeness (QED) is 0.729. The van der Waals surface area contributed by atoms with Gasteiger partial charge >= 0.3 is 12.2 Å². The van der Waals surface area contributed by atoms with Gasteiger partial charge in [-0.25, -0.2) is 9.18 Å². The van der Waals surface area contributed by atoms with E-state index in [1.807, 2.05) is 0 Å². The molecule has 0 saturated carbocycles. The highest BCUT2D eigenvalue weighted by Crippen LogP contribution is 2.30. The van der Waals surface area contributed by atoms with Crippen molar-refractivity contribution in [1.29, 1.82) is 0 Å². The number of carbonyl (C=O) groups is 1. The van der Waals surface area contributed by atoms with Gasteiger partial charge in [0.2, 0.25) is 0 Å². The Morgan fingerprint density at radius 1 is 1.15 bits per heavy atom. The molecule has 0 spiro atoms. The van der Waals surface area contributed by atoms with Gasteiger partial charge in [-0.2, -0.15) is 13.2 Å². The molecule has 2 aromatic rings. The number of alkyl halides is 3. The largest absolute Gasteiger partial charge is 0.416 e. The summed E-state index contributed by atoms with van der Waals surface area (Å²) in [6, 6.07) is 9.73. The van der Waals surface area contributed by atoms with Gasteiger partial charge in [0.1, 0.15) is 5.82 Å². The van der Waals surface area contributed by atoms with E-state index >= 15 is 0 Å². The van der Waals surface area contributed by atoms with E-state index < -0.39 is 29.6 Å². The van der Waals surface area contributed by atoms with E-state index in [1.54, 1.807) is 26.0 Å². The topological polar surface area (TPSA) is 32.3 Å². The number of rotatable bonds is 5. The Morgan fingerprint density at radius 2 is 1.85 bits per heavy atom. The summed E-state index contributed by atoms with van der Waals surface area (Å²) in [5, 5.41) is 2.69. The minimum absolute atomic E-state index is 0.204. The number of hydrogen-bond acceptors (Lipinski definition) is 1. The van der Waals surface area contributed by atoms with Gasteiger partial charge in [-0.05, 0) is 49.2 Å². The fraction of sp³-hybridized carbons (Fsp3) is 0.316. The van der Waals surface area contributed by atoms with Crippen LogP contribution < -0.4 is 5.32 Å². The van der Waals surface area contributed by atoms with Crippen molar-refractivity contribution in [3.05, 3.63) is 71.0 Å².